The molecule has 2 amide bonds. The van der Waals surface area contributed by atoms with Crippen LogP contribution in [0.5, 0.6) is 0 Å². The van der Waals surface area contributed by atoms with Crippen molar-refractivity contribution in [1.82, 2.24) is 10.2 Å². The first-order valence-corrected chi connectivity index (χ1v) is 16.7. The Hall–Kier alpha value is -3.07. The van der Waals surface area contributed by atoms with Crippen molar-refractivity contribution in [2.45, 2.75) is 64.1 Å². The number of amides is 2. The van der Waals surface area contributed by atoms with Crippen LogP contribution in [0.4, 0.5) is 5.69 Å². The zero-order chi connectivity index (χ0) is 30.3. The molecule has 0 unspecified atom stereocenters. The summed E-state index contributed by atoms with van der Waals surface area (Å²) < 4.78 is 27.0. The number of rotatable bonds is 11. The monoisotopic (exact) mass is 629 g/mol. The first-order valence-electron chi connectivity index (χ1n) is 14.1. The number of anilines is 1. The number of hydrogen-bond donors (Lipinski definition) is 1. The maximum absolute atomic E-state index is 14.2. The molecule has 1 fully saturated rings. The van der Waals surface area contributed by atoms with Crippen LogP contribution < -0.4 is 9.62 Å². The van der Waals surface area contributed by atoms with E-state index in [0.717, 1.165) is 59.4 Å². The van der Waals surface area contributed by atoms with Crippen molar-refractivity contribution in [3.05, 3.63) is 99.5 Å². The number of benzene rings is 3. The molecular weight excluding hydrogens is 593 g/mol. The Balaban J connectivity index is 1.72. The second kappa shape index (κ2) is 14.4. The van der Waals surface area contributed by atoms with E-state index >= 15 is 0 Å². The van der Waals surface area contributed by atoms with Gasteiger partial charge < -0.3 is 10.2 Å². The lowest BCUT2D eigenvalue weighted by molar-refractivity contribution is -0.140. The third kappa shape index (κ3) is 8.72. The molecule has 1 N–H and O–H groups in total. The van der Waals surface area contributed by atoms with Crippen LogP contribution in [0.2, 0.25) is 10.0 Å². The number of aryl methyl sites for hydroxylation is 1. The molecule has 0 bridgehead atoms. The number of carbonyl (C=O) groups excluding carboxylic acids is 2. The fourth-order valence-electron chi connectivity index (χ4n) is 5.24. The number of sulfonamides is 1. The lowest BCUT2D eigenvalue weighted by Gasteiger charge is -2.35. The Morgan fingerprint density at radius 3 is 2.21 bits per heavy atom. The number of halogens is 2. The van der Waals surface area contributed by atoms with Crippen LogP contribution in [0.3, 0.4) is 0 Å². The topological polar surface area (TPSA) is 86.8 Å². The van der Waals surface area contributed by atoms with Crippen molar-refractivity contribution in [1.29, 1.82) is 0 Å². The summed E-state index contributed by atoms with van der Waals surface area (Å²) in [5.41, 5.74) is 2.71. The summed E-state index contributed by atoms with van der Waals surface area (Å²) >= 11 is 12.4. The average Bonchev–Trinajstić information content (AvgIpc) is 2.96. The zero-order valence-electron chi connectivity index (χ0n) is 23.9. The predicted molar refractivity (Wildman–Crippen MR) is 169 cm³/mol. The first kappa shape index (κ1) is 31.9. The Bertz CT molecular complexity index is 1480. The van der Waals surface area contributed by atoms with Crippen LogP contribution in [0, 0.1) is 6.92 Å². The highest BCUT2D eigenvalue weighted by Crippen LogP contribution is 2.26. The Labute approximate surface area is 258 Å². The molecule has 7 nitrogen and oxygen atoms in total. The molecule has 0 heterocycles. The van der Waals surface area contributed by atoms with E-state index in [-0.39, 0.29) is 30.6 Å². The minimum absolute atomic E-state index is 0.0409. The van der Waals surface area contributed by atoms with E-state index < -0.39 is 28.5 Å². The van der Waals surface area contributed by atoms with Gasteiger partial charge >= 0.3 is 0 Å². The quantitative estimate of drug-likeness (QED) is 0.275. The van der Waals surface area contributed by atoms with Crippen LogP contribution in [0.25, 0.3) is 0 Å². The largest absolute Gasteiger partial charge is 0.352 e. The minimum atomic E-state index is -3.87. The summed E-state index contributed by atoms with van der Waals surface area (Å²) in [6, 6.07) is 20.6. The van der Waals surface area contributed by atoms with Crippen molar-refractivity contribution in [3.8, 4) is 0 Å². The van der Waals surface area contributed by atoms with Gasteiger partial charge in [0.2, 0.25) is 21.8 Å². The molecule has 0 aliphatic heterocycles. The highest BCUT2D eigenvalue weighted by molar-refractivity contribution is 7.92. The van der Waals surface area contributed by atoms with Crippen molar-refractivity contribution < 1.29 is 18.0 Å². The SMILES string of the molecule is Cc1ccc(N(CC(=O)N(Cc2ccc(Cl)cc2)[C@@H](Cc2ccccc2)C(=O)NC2CCCCC2)S(C)(=O)=O)cc1Cl. The molecule has 0 spiro atoms. The van der Waals surface area contributed by atoms with E-state index in [1.807, 2.05) is 37.3 Å². The van der Waals surface area contributed by atoms with E-state index in [0.29, 0.717) is 10.0 Å². The molecule has 42 heavy (non-hydrogen) atoms. The molecule has 1 aliphatic carbocycles. The van der Waals surface area contributed by atoms with Crippen molar-refractivity contribution in [2.24, 2.45) is 0 Å². The Morgan fingerprint density at radius 1 is 0.929 bits per heavy atom. The van der Waals surface area contributed by atoms with Crippen molar-refractivity contribution in [3.63, 3.8) is 0 Å². The second-order valence-corrected chi connectivity index (χ2v) is 13.7. The van der Waals surface area contributed by atoms with Gasteiger partial charge in [0.1, 0.15) is 12.6 Å². The van der Waals surface area contributed by atoms with Crippen molar-refractivity contribution in [2.75, 3.05) is 17.1 Å². The van der Waals surface area contributed by atoms with Crippen LogP contribution in [-0.4, -0.2) is 50.0 Å². The summed E-state index contributed by atoms with van der Waals surface area (Å²) in [6.45, 7) is 1.42. The second-order valence-electron chi connectivity index (χ2n) is 10.9. The third-order valence-corrected chi connectivity index (χ3v) is 9.41. The molecule has 0 saturated heterocycles. The summed E-state index contributed by atoms with van der Waals surface area (Å²) in [7, 11) is -3.87. The summed E-state index contributed by atoms with van der Waals surface area (Å²) in [4.78, 5) is 29.7. The first-order chi connectivity index (χ1) is 20.0. The molecule has 1 atom stereocenters. The van der Waals surface area contributed by atoms with Gasteiger partial charge in [-0.3, -0.25) is 13.9 Å². The van der Waals surface area contributed by atoms with Gasteiger partial charge in [0.15, 0.2) is 0 Å². The van der Waals surface area contributed by atoms with Gasteiger partial charge in [-0.1, -0.05) is 91.0 Å². The lowest BCUT2D eigenvalue weighted by Crippen LogP contribution is -2.55. The molecule has 1 saturated carbocycles. The minimum Gasteiger partial charge on any atom is -0.352 e. The molecular formula is C32H37Cl2N3O4S. The molecule has 0 radical (unpaired) electrons. The highest BCUT2D eigenvalue weighted by Gasteiger charge is 2.34. The van der Waals surface area contributed by atoms with Gasteiger partial charge in [-0.05, 0) is 60.7 Å². The zero-order valence-corrected chi connectivity index (χ0v) is 26.3. The molecule has 3 aromatic carbocycles. The summed E-state index contributed by atoms with van der Waals surface area (Å²) in [5, 5.41) is 4.13. The highest BCUT2D eigenvalue weighted by atomic mass is 35.5. The van der Waals surface area contributed by atoms with Gasteiger partial charge in [0.25, 0.3) is 0 Å². The number of hydrogen-bond acceptors (Lipinski definition) is 4. The maximum atomic E-state index is 14.2. The number of nitrogens with zero attached hydrogens (tertiary/aromatic N) is 2. The Kier molecular flexibility index (Phi) is 10.9. The smallest absolute Gasteiger partial charge is 0.244 e. The maximum Gasteiger partial charge on any atom is 0.244 e. The molecule has 10 heteroatoms. The van der Waals surface area contributed by atoms with E-state index in [9.17, 15) is 18.0 Å². The summed E-state index contributed by atoms with van der Waals surface area (Å²) in [5.74, 6) is -0.760. The average molecular weight is 631 g/mol. The molecule has 224 valence electrons. The Morgan fingerprint density at radius 2 is 1.60 bits per heavy atom. The standard InChI is InChI=1S/C32H37Cl2N3O4S/c1-23-13-18-28(20-29(23)34)37(42(2,40)41)22-31(38)36(21-25-14-16-26(33)17-15-25)30(19-24-9-5-3-6-10-24)32(39)35-27-11-7-4-8-12-27/h3,5-6,9-10,13-18,20,27,30H,4,7-8,11-12,19,21-22H2,1-2H3,(H,35,39)/t30-/m0/s1. The third-order valence-electron chi connectivity index (χ3n) is 7.61. The molecule has 0 aromatic heterocycles. The predicted octanol–water partition coefficient (Wildman–Crippen LogP) is 6.16. The van der Waals surface area contributed by atoms with Crippen LogP contribution in [0.1, 0.15) is 48.8 Å². The number of carbonyl (C=O) groups is 2. The van der Waals surface area contributed by atoms with Gasteiger partial charge in [-0.2, -0.15) is 0 Å². The normalized spacial score (nSPS) is 14.7. The molecule has 4 rings (SSSR count). The van der Waals surface area contributed by atoms with Gasteiger partial charge in [0.05, 0.1) is 11.9 Å². The number of nitrogens with one attached hydrogen (secondary N) is 1. The van der Waals surface area contributed by atoms with E-state index in [1.165, 1.54) is 11.0 Å². The van der Waals surface area contributed by atoms with Gasteiger partial charge in [0, 0.05) is 29.1 Å². The van der Waals surface area contributed by atoms with Crippen LogP contribution in [0.15, 0.2) is 72.8 Å². The molecule has 1 aliphatic rings. The van der Waals surface area contributed by atoms with E-state index in [2.05, 4.69) is 5.32 Å². The summed E-state index contributed by atoms with van der Waals surface area (Å²) in [6.07, 6.45) is 6.35. The van der Waals surface area contributed by atoms with Crippen LogP contribution in [-0.2, 0) is 32.6 Å². The van der Waals surface area contributed by atoms with E-state index in [1.54, 1.807) is 36.4 Å². The van der Waals surface area contributed by atoms with E-state index in [4.69, 9.17) is 23.2 Å². The van der Waals surface area contributed by atoms with Gasteiger partial charge in [-0.25, -0.2) is 8.42 Å². The van der Waals surface area contributed by atoms with Gasteiger partial charge in [-0.15, -0.1) is 0 Å². The van der Waals surface area contributed by atoms with Crippen molar-refractivity contribution >= 4 is 50.7 Å². The fraction of sp³-hybridized carbons (Fsp3) is 0.375. The molecule has 3 aromatic rings. The van der Waals surface area contributed by atoms with Crippen LogP contribution >= 0.6 is 23.2 Å². The fourth-order valence-corrected chi connectivity index (χ4v) is 6.38. The lowest BCUT2D eigenvalue weighted by atomic mass is 9.94.